The predicted molar refractivity (Wildman–Crippen MR) is 82.2 cm³/mol. The highest BCUT2D eigenvalue weighted by molar-refractivity contribution is 7.99. The van der Waals surface area contributed by atoms with E-state index in [-0.39, 0.29) is 17.9 Å². The second-order valence-corrected chi connectivity index (χ2v) is 6.97. The summed E-state index contributed by atoms with van der Waals surface area (Å²) in [4.78, 5) is 25.5. The number of nitrogens with zero attached hydrogens (tertiary/aromatic N) is 1. The van der Waals surface area contributed by atoms with Crippen molar-refractivity contribution in [3.8, 4) is 0 Å². The fraction of sp³-hybridized carbons (Fsp3) is 0.500. The standard InChI is InChI=1S/C16H19NO3S/c1-10-2-4-11(5-3-10)14-9-21-7-6-17(14)15(18)12-8-13(12)16(19)20/h2-5,12-14H,6-9H2,1H3,(H,19,20). The molecule has 2 fully saturated rings. The van der Waals surface area contributed by atoms with Crippen LogP contribution in [0.25, 0.3) is 0 Å². The normalized spacial score (nSPS) is 28.2. The molecule has 1 amide bonds. The minimum Gasteiger partial charge on any atom is -0.481 e. The van der Waals surface area contributed by atoms with Gasteiger partial charge in [-0.25, -0.2) is 0 Å². The average molecular weight is 305 g/mol. The van der Waals surface area contributed by atoms with E-state index in [9.17, 15) is 9.59 Å². The zero-order valence-electron chi connectivity index (χ0n) is 12.0. The molecule has 0 spiro atoms. The number of carbonyl (C=O) groups excluding carboxylic acids is 1. The Hall–Kier alpha value is -1.49. The zero-order chi connectivity index (χ0) is 15.0. The van der Waals surface area contributed by atoms with Crippen LogP contribution in [0.3, 0.4) is 0 Å². The molecule has 1 aromatic rings. The van der Waals surface area contributed by atoms with Gasteiger partial charge in [0.25, 0.3) is 0 Å². The first-order valence-corrected chi connectivity index (χ1v) is 8.41. The molecule has 21 heavy (non-hydrogen) atoms. The van der Waals surface area contributed by atoms with Crippen molar-refractivity contribution >= 4 is 23.6 Å². The lowest BCUT2D eigenvalue weighted by atomic mass is 10.0. The van der Waals surface area contributed by atoms with E-state index < -0.39 is 11.9 Å². The van der Waals surface area contributed by atoms with Crippen molar-refractivity contribution in [3.05, 3.63) is 35.4 Å². The van der Waals surface area contributed by atoms with Crippen LogP contribution < -0.4 is 0 Å². The van der Waals surface area contributed by atoms with E-state index in [1.165, 1.54) is 5.56 Å². The topological polar surface area (TPSA) is 57.6 Å². The number of carboxylic acid groups (broad SMARTS) is 1. The van der Waals surface area contributed by atoms with Crippen molar-refractivity contribution < 1.29 is 14.7 Å². The molecule has 1 saturated heterocycles. The molecule has 3 unspecified atom stereocenters. The summed E-state index contributed by atoms with van der Waals surface area (Å²) in [5.74, 6) is 0.224. The van der Waals surface area contributed by atoms with E-state index in [2.05, 4.69) is 24.3 Å². The maximum absolute atomic E-state index is 12.6. The van der Waals surface area contributed by atoms with E-state index in [4.69, 9.17) is 5.11 Å². The molecule has 5 heteroatoms. The Morgan fingerprint density at radius 2 is 1.95 bits per heavy atom. The Labute approximate surface area is 128 Å². The highest BCUT2D eigenvalue weighted by Gasteiger charge is 2.50. The second-order valence-electron chi connectivity index (χ2n) is 5.82. The van der Waals surface area contributed by atoms with Gasteiger partial charge in [-0.1, -0.05) is 29.8 Å². The van der Waals surface area contributed by atoms with Crippen LogP contribution in [0.2, 0.25) is 0 Å². The number of hydrogen-bond donors (Lipinski definition) is 1. The first-order valence-electron chi connectivity index (χ1n) is 7.25. The predicted octanol–water partition coefficient (Wildman–Crippen LogP) is 2.33. The third-order valence-electron chi connectivity index (χ3n) is 4.30. The maximum Gasteiger partial charge on any atom is 0.307 e. The largest absolute Gasteiger partial charge is 0.481 e. The van der Waals surface area contributed by atoms with Gasteiger partial charge in [-0.3, -0.25) is 9.59 Å². The molecule has 1 aromatic carbocycles. The number of rotatable bonds is 3. The van der Waals surface area contributed by atoms with Gasteiger partial charge in [-0.2, -0.15) is 11.8 Å². The maximum atomic E-state index is 12.6. The summed E-state index contributed by atoms with van der Waals surface area (Å²) in [6.45, 7) is 2.76. The summed E-state index contributed by atoms with van der Waals surface area (Å²) in [6.07, 6.45) is 0.498. The lowest BCUT2D eigenvalue weighted by molar-refractivity contribution is -0.142. The molecule has 112 valence electrons. The summed E-state index contributed by atoms with van der Waals surface area (Å²) in [5.41, 5.74) is 2.35. The van der Waals surface area contributed by atoms with Crippen molar-refractivity contribution in [1.29, 1.82) is 0 Å². The van der Waals surface area contributed by atoms with Gasteiger partial charge >= 0.3 is 5.97 Å². The molecule has 3 atom stereocenters. The van der Waals surface area contributed by atoms with Crippen molar-refractivity contribution in [2.45, 2.75) is 19.4 Å². The third kappa shape index (κ3) is 2.93. The summed E-state index contributed by atoms with van der Waals surface area (Å²) < 4.78 is 0. The van der Waals surface area contributed by atoms with E-state index in [1.807, 2.05) is 23.6 Å². The van der Waals surface area contributed by atoms with E-state index >= 15 is 0 Å². The summed E-state index contributed by atoms with van der Waals surface area (Å²) in [5, 5.41) is 9.01. The summed E-state index contributed by atoms with van der Waals surface area (Å²) >= 11 is 1.85. The monoisotopic (exact) mass is 305 g/mol. The molecule has 3 rings (SSSR count). The highest BCUT2D eigenvalue weighted by Crippen LogP contribution is 2.42. The first kappa shape index (κ1) is 14.4. The number of aliphatic carboxylic acids is 1. The van der Waals surface area contributed by atoms with E-state index in [1.54, 1.807) is 0 Å². The molecule has 4 nitrogen and oxygen atoms in total. The van der Waals surface area contributed by atoms with Crippen LogP contribution in [-0.4, -0.2) is 39.9 Å². The number of thioether (sulfide) groups is 1. The van der Waals surface area contributed by atoms with Crippen LogP contribution in [0, 0.1) is 18.8 Å². The molecule has 0 radical (unpaired) electrons. The fourth-order valence-corrected chi connectivity index (χ4v) is 3.97. The number of aryl methyl sites for hydroxylation is 1. The number of carbonyl (C=O) groups is 2. The van der Waals surface area contributed by atoms with Crippen LogP contribution in [0.5, 0.6) is 0 Å². The van der Waals surface area contributed by atoms with Gasteiger partial charge in [-0.15, -0.1) is 0 Å². The molecule has 1 N–H and O–H groups in total. The van der Waals surface area contributed by atoms with Crippen LogP contribution in [0.4, 0.5) is 0 Å². The van der Waals surface area contributed by atoms with Crippen LogP contribution >= 0.6 is 11.8 Å². The molecule has 1 heterocycles. The number of hydrogen-bond acceptors (Lipinski definition) is 3. The average Bonchev–Trinajstić information content (AvgIpc) is 3.28. The number of amides is 1. The van der Waals surface area contributed by atoms with E-state index in [0.717, 1.165) is 17.1 Å². The molecule has 1 aliphatic heterocycles. The van der Waals surface area contributed by atoms with Crippen LogP contribution in [0.15, 0.2) is 24.3 Å². The second kappa shape index (κ2) is 5.72. The van der Waals surface area contributed by atoms with Crippen LogP contribution in [-0.2, 0) is 9.59 Å². The van der Waals surface area contributed by atoms with Gasteiger partial charge in [0.05, 0.1) is 17.9 Å². The van der Waals surface area contributed by atoms with Crippen LogP contribution in [0.1, 0.15) is 23.6 Å². The third-order valence-corrected chi connectivity index (χ3v) is 5.32. The minimum atomic E-state index is -0.841. The van der Waals surface area contributed by atoms with Gasteiger partial charge in [0, 0.05) is 18.1 Å². The Balaban J connectivity index is 1.77. The Morgan fingerprint density at radius 3 is 2.57 bits per heavy atom. The Kier molecular flexibility index (Phi) is 3.93. The fourth-order valence-electron chi connectivity index (χ4n) is 2.89. The van der Waals surface area contributed by atoms with Crippen molar-refractivity contribution in [1.82, 2.24) is 4.90 Å². The molecule has 2 aliphatic rings. The smallest absolute Gasteiger partial charge is 0.307 e. The van der Waals surface area contributed by atoms with Crippen molar-refractivity contribution in [3.63, 3.8) is 0 Å². The molecule has 1 saturated carbocycles. The van der Waals surface area contributed by atoms with Gasteiger partial charge in [0.15, 0.2) is 0 Å². The molecular formula is C16H19NO3S. The highest BCUT2D eigenvalue weighted by atomic mass is 32.2. The van der Waals surface area contributed by atoms with Crippen molar-refractivity contribution in [2.24, 2.45) is 11.8 Å². The lowest BCUT2D eigenvalue weighted by Crippen LogP contribution is -2.42. The lowest BCUT2D eigenvalue weighted by Gasteiger charge is -2.36. The summed E-state index contributed by atoms with van der Waals surface area (Å²) in [6, 6.07) is 8.36. The minimum absolute atomic E-state index is 0.0216. The van der Waals surface area contributed by atoms with Gasteiger partial charge < -0.3 is 10.0 Å². The molecule has 0 aromatic heterocycles. The first-order chi connectivity index (χ1) is 10.1. The quantitative estimate of drug-likeness (QED) is 0.931. The molecule has 1 aliphatic carbocycles. The Morgan fingerprint density at radius 1 is 1.24 bits per heavy atom. The SMILES string of the molecule is Cc1ccc(C2CSCCN2C(=O)C2CC2C(=O)O)cc1. The molecule has 0 bridgehead atoms. The van der Waals surface area contributed by atoms with Crippen molar-refractivity contribution in [2.75, 3.05) is 18.1 Å². The number of carboxylic acids is 1. The Bertz CT molecular complexity index is 557. The number of benzene rings is 1. The van der Waals surface area contributed by atoms with Gasteiger partial charge in [-0.05, 0) is 18.9 Å². The summed E-state index contributed by atoms with van der Waals surface area (Å²) in [7, 11) is 0. The van der Waals surface area contributed by atoms with E-state index in [0.29, 0.717) is 13.0 Å². The van der Waals surface area contributed by atoms with Gasteiger partial charge in [0.1, 0.15) is 0 Å². The van der Waals surface area contributed by atoms with Gasteiger partial charge in [0.2, 0.25) is 5.91 Å². The molecular weight excluding hydrogens is 286 g/mol. The zero-order valence-corrected chi connectivity index (χ0v) is 12.8.